The molecular weight excluding hydrogens is 293 g/mol. The summed E-state index contributed by atoms with van der Waals surface area (Å²) in [5.41, 5.74) is 6.84. The SMILES string of the molecule is Nc1ccccc1-c1cnc(-c2ccc(C(F)(F)F)cc2)o1. The number of rotatable bonds is 2. The number of oxazole rings is 1. The van der Waals surface area contributed by atoms with Crippen LogP contribution >= 0.6 is 0 Å². The number of nitrogens with zero attached hydrogens (tertiary/aromatic N) is 1. The van der Waals surface area contributed by atoms with Gasteiger partial charge in [0.1, 0.15) is 0 Å². The van der Waals surface area contributed by atoms with E-state index in [0.717, 1.165) is 12.1 Å². The highest BCUT2D eigenvalue weighted by Gasteiger charge is 2.30. The summed E-state index contributed by atoms with van der Waals surface area (Å²) in [6.45, 7) is 0. The van der Waals surface area contributed by atoms with Gasteiger partial charge < -0.3 is 10.2 Å². The van der Waals surface area contributed by atoms with Crippen LogP contribution in [-0.2, 0) is 6.18 Å². The predicted octanol–water partition coefficient (Wildman–Crippen LogP) is 4.61. The molecule has 0 aliphatic heterocycles. The van der Waals surface area contributed by atoms with E-state index in [0.29, 0.717) is 22.6 Å². The molecule has 0 unspecified atom stereocenters. The Labute approximate surface area is 124 Å². The van der Waals surface area contributed by atoms with Crippen molar-refractivity contribution in [2.24, 2.45) is 0 Å². The highest BCUT2D eigenvalue weighted by atomic mass is 19.4. The van der Waals surface area contributed by atoms with Crippen LogP contribution in [0.15, 0.2) is 59.1 Å². The van der Waals surface area contributed by atoms with Gasteiger partial charge >= 0.3 is 6.18 Å². The van der Waals surface area contributed by atoms with Crippen molar-refractivity contribution in [1.82, 2.24) is 4.98 Å². The van der Waals surface area contributed by atoms with Crippen LogP contribution in [0.5, 0.6) is 0 Å². The van der Waals surface area contributed by atoms with E-state index in [-0.39, 0.29) is 5.89 Å². The largest absolute Gasteiger partial charge is 0.436 e. The van der Waals surface area contributed by atoms with E-state index in [1.54, 1.807) is 18.2 Å². The van der Waals surface area contributed by atoms with Crippen LogP contribution in [-0.4, -0.2) is 4.98 Å². The Morgan fingerprint density at radius 1 is 0.955 bits per heavy atom. The number of hydrogen-bond donors (Lipinski definition) is 1. The highest BCUT2D eigenvalue weighted by molar-refractivity contribution is 5.73. The van der Waals surface area contributed by atoms with E-state index < -0.39 is 11.7 Å². The second-order valence-corrected chi connectivity index (χ2v) is 4.69. The molecule has 0 amide bonds. The number of alkyl halides is 3. The summed E-state index contributed by atoms with van der Waals surface area (Å²) in [5, 5.41) is 0. The topological polar surface area (TPSA) is 52.0 Å². The predicted molar refractivity (Wildman–Crippen MR) is 76.8 cm³/mol. The molecule has 0 aliphatic carbocycles. The number of hydrogen-bond acceptors (Lipinski definition) is 3. The smallest absolute Gasteiger partial charge is 0.416 e. The van der Waals surface area contributed by atoms with E-state index in [9.17, 15) is 13.2 Å². The minimum atomic E-state index is -4.36. The van der Waals surface area contributed by atoms with Gasteiger partial charge in [-0.2, -0.15) is 13.2 Å². The molecule has 0 aliphatic rings. The van der Waals surface area contributed by atoms with Gasteiger partial charge in [-0.15, -0.1) is 0 Å². The molecule has 3 nitrogen and oxygen atoms in total. The van der Waals surface area contributed by atoms with Gasteiger partial charge in [-0.3, -0.25) is 0 Å². The Kier molecular flexibility index (Phi) is 3.36. The Bertz CT molecular complexity index is 792. The van der Waals surface area contributed by atoms with Crippen molar-refractivity contribution in [1.29, 1.82) is 0 Å². The molecule has 22 heavy (non-hydrogen) atoms. The van der Waals surface area contributed by atoms with Gasteiger partial charge in [-0.05, 0) is 36.4 Å². The molecule has 2 N–H and O–H groups in total. The molecule has 0 atom stereocenters. The lowest BCUT2D eigenvalue weighted by Gasteiger charge is -2.06. The maximum Gasteiger partial charge on any atom is 0.416 e. The molecule has 0 bridgehead atoms. The average molecular weight is 304 g/mol. The van der Waals surface area contributed by atoms with Crippen LogP contribution in [0.1, 0.15) is 5.56 Å². The number of halogens is 3. The van der Waals surface area contributed by atoms with Gasteiger partial charge in [0.05, 0.1) is 11.8 Å². The van der Waals surface area contributed by atoms with Crippen molar-refractivity contribution in [3.8, 4) is 22.8 Å². The van der Waals surface area contributed by atoms with Crippen molar-refractivity contribution in [2.75, 3.05) is 5.73 Å². The molecule has 1 heterocycles. The summed E-state index contributed by atoms with van der Waals surface area (Å²) < 4.78 is 43.2. The van der Waals surface area contributed by atoms with Crippen molar-refractivity contribution >= 4 is 5.69 Å². The normalized spacial score (nSPS) is 11.6. The van der Waals surface area contributed by atoms with Gasteiger partial charge in [-0.1, -0.05) is 12.1 Å². The maximum absolute atomic E-state index is 12.5. The first-order valence-corrected chi connectivity index (χ1v) is 6.43. The third kappa shape index (κ3) is 2.67. The number of nitrogen functional groups attached to an aromatic ring is 1. The van der Waals surface area contributed by atoms with E-state index in [4.69, 9.17) is 10.2 Å². The summed E-state index contributed by atoms with van der Waals surface area (Å²) in [6.07, 6.45) is -2.86. The fraction of sp³-hybridized carbons (Fsp3) is 0.0625. The molecule has 3 rings (SSSR count). The molecule has 0 saturated heterocycles. The summed E-state index contributed by atoms with van der Waals surface area (Å²) in [5.74, 6) is 0.708. The lowest BCUT2D eigenvalue weighted by atomic mass is 10.1. The molecule has 0 spiro atoms. The molecule has 6 heteroatoms. The molecule has 0 fully saturated rings. The molecule has 3 aromatic rings. The van der Waals surface area contributed by atoms with Gasteiger partial charge in [0.25, 0.3) is 0 Å². The Balaban J connectivity index is 1.93. The fourth-order valence-corrected chi connectivity index (χ4v) is 2.06. The second-order valence-electron chi connectivity index (χ2n) is 4.69. The van der Waals surface area contributed by atoms with Crippen molar-refractivity contribution in [3.05, 3.63) is 60.3 Å². The Morgan fingerprint density at radius 2 is 1.64 bits per heavy atom. The molecule has 0 radical (unpaired) electrons. The minimum absolute atomic E-state index is 0.243. The van der Waals surface area contributed by atoms with Crippen molar-refractivity contribution < 1.29 is 17.6 Å². The zero-order valence-electron chi connectivity index (χ0n) is 11.3. The molecule has 1 aromatic heterocycles. The Morgan fingerprint density at radius 3 is 2.27 bits per heavy atom. The summed E-state index contributed by atoms with van der Waals surface area (Å²) >= 11 is 0. The number of nitrogens with two attached hydrogens (primary N) is 1. The number of para-hydroxylation sites is 1. The monoisotopic (exact) mass is 304 g/mol. The standard InChI is InChI=1S/C16H11F3N2O/c17-16(18,19)11-7-5-10(6-8-11)15-21-9-14(22-15)12-3-1-2-4-13(12)20/h1-9H,20H2. The van der Waals surface area contributed by atoms with Gasteiger partial charge in [0, 0.05) is 16.8 Å². The first kappa shape index (κ1) is 14.2. The summed E-state index contributed by atoms with van der Waals surface area (Å²) in [7, 11) is 0. The molecular formula is C16H11F3N2O. The molecule has 112 valence electrons. The van der Waals surface area contributed by atoms with E-state index in [1.165, 1.54) is 18.3 Å². The van der Waals surface area contributed by atoms with E-state index in [1.807, 2.05) is 6.07 Å². The van der Waals surface area contributed by atoms with Crippen molar-refractivity contribution in [2.45, 2.75) is 6.18 Å². The van der Waals surface area contributed by atoms with Gasteiger partial charge in [0.15, 0.2) is 5.76 Å². The fourth-order valence-electron chi connectivity index (χ4n) is 2.06. The van der Waals surface area contributed by atoms with E-state index >= 15 is 0 Å². The summed E-state index contributed by atoms with van der Waals surface area (Å²) in [4.78, 5) is 4.09. The van der Waals surface area contributed by atoms with Crippen LogP contribution in [0, 0.1) is 0 Å². The highest BCUT2D eigenvalue weighted by Crippen LogP contribution is 2.32. The summed E-state index contributed by atoms with van der Waals surface area (Å²) in [6, 6.07) is 11.8. The number of aromatic nitrogens is 1. The molecule has 2 aromatic carbocycles. The van der Waals surface area contributed by atoms with Crippen LogP contribution in [0.2, 0.25) is 0 Å². The third-order valence-electron chi connectivity index (χ3n) is 3.19. The molecule has 0 saturated carbocycles. The lowest BCUT2D eigenvalue weighted by Crippen LogP contribution is -2.03. The first-order chi connectivity index (χ1) is 10.4. The van der Waals surface area contributed by atoms with Crippen molar-refractivity contribution in [3.63, 3.8) is 0 Å². The first-order valence-electron chi connectivity index (χ1n) is 6.43. The minimum Gasteiger partial charge on any atom is -0.436 e. The number of benzene rings is 2. The average Bonchev–Trinajstić information content (AvgIpc) is 2.96. The lowest BCUT2D eigenvalue weighted by molar-refractivity contribution is -0.137. The van der Waals surface area contributed by atoms with Crippen LogP contribution in [0.25, 0.3) is 22.8 Å². The van der Waals surface area contributed by atoms with Crippen LogP contribution in [0.4, 0.5) is 18.9 Å². The second kappa shape index (κ2) is 5.22. The zero-order valence-corrected chi connectivity index (χ0v) is 11.3. The van der Waals surface area contributed by atoms with Gasteiger partial charge in [0.2, 0.25) is 5.89 Å². The maximum atomic E-state index is 12.5. The third-order valence-corrected chi connectivity index (χ3v) is 3.19. The zero-order chi connectivity index (χ0) is 15.7. The van der Waals surface area contributed by atoms with E-state index in [2.05, 4.69) is 4.98 Å². The van der Waals surface area contributed by atoms with Crippen LogP contribution in [0.3, 0.4) is 0 Å². The number of anilines is 1. The Hall–Kier alpha value is -2.76. The van der Waals surface area contributed by atoms with Gasteiger partial charge in [-0.25, -0.2) is 4.98 Å². The van der Waals surface area contributed by atoms with Crippen LogP contribution < -0.4 is 5.73 Å². The quantitative estimate of drug-likeness (QED) is 0.703.